The van der Waals surface area contributed by atoms with Gasteiger partial charge in [0.15, 0.2) is 0 Å². The predicted octanol–water partition coefficient (Wildman–Crippen LogP) is 5.77. The normalized spacial score (nSPS) is 14.9. The zero-order chi connectivity index (χ0) is 28.6. The van der Waals surface area contributed by atoms with Crippen LogP contribution >= 0.6 is 0 Å². The molecule has 39 heavy (non-hydrogen) atoms. The van der Waals surface area contributed by atoms with Gasteiger partial charge in [-0.1, -0.05) is 30.3 Å². The fourth-order valence-corrected chi connectivity index (χ4v) is 5.77. The van der Waals surface area contributed by atoms with E-state index >= 15 is 0 Å². The molecule has 1 aliphatic heterocycles. The molecule has 0 unspecified atom stereocenters. The van der Waals surface area contributed by atoms with Crippen LogP contribution in [0.15, 0.2) is 65.6 Å². The van der Waals surface area contributed by atoms with Crippen molar-refractivity contribution in [3.05, 3.63) is 77.6 Å². The number of fused-ring (bicyclic) bond motifs is 1. The second-order valence-electron chi connectivity index (χ2n) is 9.65. The monoisotopic (exact) mass is 567 g/mol. The number of carbonyl (C=O) groups is 1. The lowest BCUT2D eigenvalue weighted by atomic mass is 9.94. The number of halogens is 4. The Morgan fingerprint density at radius 2 is 1.79 bits per heavy atom. The van der Waals surface area contributed by atoms with Crippen LogP contribution in [0.1, 0.15) is 31.4 Å². The first-order chi connectivity index (χ1) is 18.1. The summed E-state index contributed by atoms with van der Waals surface area (Å²) in [5.74, 6) is -2.87. The third-order valence-corrected chi connectivity index (χ3v) is 7.93. The Morgan fingerprint density at radius 1 is 1.10 bits per heavy atom. The number of ether oxygens (including phenoxy) is 2. The van der Waals surface area contributed by atoms with Crippen molar-refractivity contribution in [2.45, 2.75) is 50.1 Å². The number of aliphatic carboxylic acids is 1. The average Bonchev–Trinajstić information content (AvgIpc) is 2.83. The van der Waals surface area contributed by atoms with Crippen molar-refractivity contribution in [2.75, 3.05) is 6.54 Å². The highest BCUT2D eigenvalue weighted by molar-refractivity contribution is 7.89. The van der Waals surface area contributed by atoms with E-state index in [0.717, 1.165) is 6.07 Å². The van der Waals surface area contributed by atoms with Gasteiger partial charge in [0, 0.05) is 17.7 Å². The van der Waals surface area contributed by atoms with E-state index in [1.807, 2.05) is 13.8 Å². The Morgan fingerprint density at radius 3 is 2.44 bits per heavy atom. The molecular formula is C27H25F4NO6S. The van der Waals surface area contributed by atoms with Crippen molar-refractivity contribution in [3.63, 3.8) is 0 Å². The van der Waals surface area contributed by atoms with Crippen molar-refractivity contribution in [1.29, 1.82) is 0 Å². The minimum absolute atomic E-state index is 0.183. The van der Waals surface area contributed by atoms with Crippen molar-refractivity contribution in [1.82, 2.24) is 4.31 Å². The summed E-state index contributed by atoms with van der Waals surface area (Å²) in [5, 5.41) is 9.45. The summed E-state index contributed by atoms with van der Waals surface area (Å²) < 4.78 is 92.7. The third-order valence-electron chi connectivity index (χ3n) is 6.14. The molecule has 1 heterocycles. The van der Waals surface area contributed by atoms with E-state index < -0.39 is 58.2 Å². The molecule has 0 saturated heterocycles. The first-order valence-electron chi connectivity index (χ1n) is 11.8. The molecule has 3 aromatic rings. The molecule has 0 bridgehead atoms. The van der Waals surface area contributed by atoms with E-state index in [4.69, 9.17) is 4.74 Å². The maximum absolute atomic E-state index is 14.7. The number of aryl methyl sites for hydroxylation is 1. The lowest BCUT2D eigenvalue weighted by Crippen LogP contribution is -2.36. The minimum atomic E-state index is -5.20. The van der Waals surface area contributed by atoms with Gasteiger partial charge in [0.25, 0.3) is 0 Å². The van der Waals surface area contributed by atoms with Crippen molar-refractivity contribution < 1.29 is 45.4 Å². The number of carboxylic acid groups (broad SMARTS) is 1. The van der Waals surface area contributed by atoms with E-state index in [2.05, 4.69) is 4.74 Å². The standard InChI is InChI=1S/C27H25F4NO6S/c1-26(2)11-10-18-13-21(8-9-23(18)37-26)39(35,36)32(16-24(33)34)15-19-12-20(28)14-22(17-6-4-3-5-7-17)25(19)38-27(29,30)31/h3-9,12-14H,10-11,15-16H2,1-2H3,(H,33,34). The number of alkyl halides is 3. The fourth-order valence-electron chi connectivity index (χ4n) is 4.35. The van der Waals surface area contributed by atoms with Crippen LogP contribution in [0.25, 0.3) is 11.1 Å². The highest BCUT2D eigenvalue weighted by Crippen LogP contribution is 2.39. The lowest BCUT2D eigenvalue weighted by molar-refractivity contribution is -0.274. The maximum atomic E-state index is 14.7. The summed E-state index contributed by atoms with van der Waals surface area (Å²) in [4.78, 5) is 11.4. The Bertz CT molecular complexity index is 1490. The summed E-state index contributed by atoms with van der Waals surface area (Å²) >= 11 is 0. The second kappa shape index (κ2) is 10.5. The van der Waals surface area contributed by atoms with Gasteiger partial charge in [0.2, 0.25) is 10.0 Å². The Balaban J connectivity index is 1.80. The maximum Gasteiger partial charge on any atom is 0.573 e. The zero-order valence-electron chi connectivity index (χ0n) is 21.0. The molecule has 1 N–H and O–H groups in total. The number of sulfonamides is 1. The topological polar surface area (TPSA) is 93.1 Å². The minimum Gasteiger partial charge on any atom is -0.488 e. The summed E-state index contributed by atoms with van der Waals surface area (Å²) in [7, 11) is -4.57. The molecule has 0 radical (unpaired) electrons. The molecule has 0 aromatic heterocycles. The number of benzene rings is 3. The van der Waals surface area contributed by atoms with Crippen molar-refractivity contribution >= 4 is 16.0 Å². The van der Waals surface area contributed by atoms with E-state index in [-0.39, 0.29) is 16.0 Å². The molecule has 0 spiro atoms. The largest absolute Gasteiger partial charge is 0.573 e. The lowest BCUT2D eigenvalue weighted by Gasteiger charge is -2.33. The van der Waals surface area contributed by atoms with Gasteiger partial charge in [-0.2, -0.15) is 4.31 Å². The molecule has 12 heteroatoms. The second-order valence-corrected chi connectivity index (χ2v) is 11.6. The number of hydrogen-bond donors (Lipinski definition) is 1. The van der Waals surface area contributed by atoms with E-state index in [9.17, 15) is 35.9 Å². The summed E-state index contributed by atoms with van der Waals surface area (Å²) in [5.41, 5.74) is -0.458. The highest BCUT2D eigenvalue weighted by Gasteiger charge is 2.36. The molecule has 1 aliphatic rings. The number of hydrogen-bond acceptors (Lipinski definition) is 5. The molecule has 0 amide bonds. The van der Waals surface area contributed by atoms with Crippen LogP contribution in [0.2, 0.25) is 0 Å². The van der Waals surface area contributed by atoms with Crippen LogP contribution < -0.4 is 9.47 Å². The number of rotatable bonds is 8. The van der Waals surface area contributed by atoms with Gasteiger partial charge < -0.3 is 14.6 Å². The van der Waals surface area contributed by atoms with Gasteiger partial charge in [-0.3, -0.25) is 4.79 Å². The van der Waals surface area contributed by atoms with E-state index in [1.54, 1.807) is 6.07 Å². The summed E-state index contributed by atoms with van der Waals surface area (Å²) in [6, 6.07) is 13.1. The fraction of sp³-hybridized carbons (Fsp3) is 0.296. The molecular weight excluding hydrogens is 542 g/mol. The Hall–Kier alpha value is -3.64. The molecule has 0 saturated carbocycles. The first kappa shape index (κ1) is 28.4. The van der Waals surface area contributed by atoms with E-state index in [1.165, 1.54) is 42.5 Å². The SMILES string of the molecule is CC1(C)CCc2cc(S(=O)(=O)N(CC(=O)O)Cc3cc(F)cc(-c4ccccc4)c3OC(F)(F)F)ccc2O1. The third kappa shape index (κ3) is 6.69. The number of carboxylic acids is 1. The van der Waals surface area contributed by atoms with Crippen LogP contribution in [0.5, 0.6) is 11.5 Å². The molecule has 0 fully saturated rings. The van der Waals surface area contributed by atoms with Gasteiger partial charge in [-0.05, 0) is 68.1 Å². The zero-order valence-corrected chi connectivity index (χ0v) is 21.8. The van der Waals surface area contributed by atoms with Crippen molar-refractivity contribution in [3.8, 4) is 22.6 Å². The van der Waals surface area contributed by atoms with Crippen LogP contribution in [-0.2, 0) is 27.8 Å². The Labute approximate surface area is 222 Å². The first-order valence-corrected chi connectivity index (χ1v) is 13.3. The molecule has 7 nitrogen and oxygen atoms in total. The predicted molar refractivity (Wildman–Crippen MR) is 133 cm³/mol. The molecule has 4 rings (SSSR count). The van der Waals surface area contributed by atoms with Crippen LogP contribution in [0, 0.1) is 5.82 Å². The van der Waals surface area contributed by atoms with E-state index in [0.29, 0.717) is 34.5 Å². The van der Waals surface area contributed by atoms with Crippen molar-refractivity contribution in [2.24, 2.45) is 0 Å². The quantitative estimate of drug-likeness (QED) is 0.348. The van der Waals surface area contributed by atoms with Gasteiger partial charge >= 0.3 is 12.3 Å². The van der Waals surface area contributed by atoms with Crippen LogP contribution in [0.4, 0.5) is 17.6 Å². The highest BCUT2D eigenvalue weighted by atomic mass is 32.2. The molecule has 3 aromatic carbocycles. The molecule has 0 atom stereocenters. The van der Waals surface area contributed by atoms with Crippen LogP contribution in [0.3, 0.4) is 0 Å². The molecule has 0 aliphatic carbocycles. The smallest absolute Gasteiger partial charge is 0.488 e. The van der Waals surface area contributed by atoms with Gasteiger partial charge in [-0.25, -0.2) is 12.8 Å². The number of nitrogens with zero attached hydrogens (tertiary/aromatic N) is 1. The Kier molecular flexibility index (Phi) is 7.63. The summed E-state index contributed by atoms with van der Waals surface area (Å²) in [6.45, 7) is 1.78. The summed E-state index contributed by atoms with van der Waals surface area (Å²) in [6.07, 6.45) is -4.09. The average molecular weight is 568 g/mol. The van der Waals surface area contributed by atoms with Gasteiger partial charge in [0.1, 0.15) is 29.5 Å². The molecule has 208 valence electrons. The van der Waals surface area contributed by atoms with Gasteiger partial charge in [0.05, 0.1) is 4.90 Å². The van der Waals surface area contributed by atoms with Crippen LogP contribution in [-0.4, -0.2) is 42.3 Å². The van der Waals surface area contributed by atoms with Gasteiger partial charge in [-0.15, -0.1) is 13.2 Å².